The van der Waals surface area contributed by atoms with E-state index in [-0.39, 0.29) is 5.91 Å². The number of carbonyl (C=O) groups excluding carboxylic acids is 1. The third-order valence-electron chi connectivity index (χ3n) is 3.84. The Kier molecular flexibility index (Phi) is 3.67. The van der Waals surface area contributed by atoms with Crippen LogP contribution in [0.15, 0.2) is 42.5 Å². The van der Waals surface area contributed by atoms with E-state index in [0.717, 1.165) is 16.6 Å². The molecule has 1 N–H and O–H groups in total. The molecule has 1 heterocycles. The van der Waals surface area contributed by atoms with Crippen molar-refractivity contribution in [2.24, 2.45) is 0 Å². The van der Waals surface area contributed by atoms with Crippen LogP contribution in [0.1, 0.15) is 21.6 Å². The number of carbonyl (C=O) groups is 1. The van der Waals surface area contributed by atoms with Crippen LogP contribution in [-0.2, 0) is 0 Å². The number of aromatic nitrogens is 1. The SMILES string of the molecule is Cc1cc(C)c2cc(C(=O)N(C)c3ccc(Cl)cc3)[nH]c2c1. The summed E-state index contributed by atoms with van der Waals surface area (Å²) < 4.78 is 0. The van der Waals surface area contributed by atoms with Crippen molar-refractivity contribution in [1.29, 1.82) is 0 Å². The first-order valence-electron chi connectivity index (χ1n) is 7.09. The second-order valence-electron chi connectivity index (χ2n) is 5.57. The highest BCUT2D eigenvalue weighted by Gasteiger charge is 2.16. The number of aromatic amines is 1. The van der Waals surface area contributed by atoms with Gasteiger partial charge in [-0.25, -0.2) is 0 Å². The van der Waals surface area contributed by atoms with Gasteiger partial charge in [0.05, 0.1) is 0 Å². The second-order valence-corrected chi connectivity index (χ2v) is 6.00. The van der Waals surface area contributed by atoms with Gasteiger partial charge in [-0.2, -0.15) is 0 Å². The quantitative estimate of drug-likeness (QED) is 0.730. The molecule has 2 aromatic carbocycles. The zero-order chi connectivity index (χ0) is 15.9. The van der Waals surface area contributed by atoms with Gasteiger partial charge >= 0.3 is 0 Å². The lowest BCUT2D eigenvalue weighted by atomic mass is 10.1. The Morgan fingerprint density at radius 1 is 1.09 bits per heavy atom. The summed E-state index contributed by atoms with van der Waals surface area (Å²) in [5.41, 5.74) is 4.73. The van der Waals surface area contributed by atoms with E-state index in [2.05, 4.69) is 31.0 Å². The number of amides is 1. The van der Waals surface area contributed by atoms with Crippen LogP contribution >= 0.6 is 11.6 Å². The van der Waals surface area contributed by atoms with Crippen molar-refractivity contribution in [3.63, 3.8) is 0 Å². The van der Waals surface area contributed by atoms with Gasteiger partial charge in [-0.15, -0.1) is 0 Å². The summed E-state index contributed by atoms with van der Waals surface area (Å²) in [4.78, 5) is 17.5. The fourth-order valence-corrected chi connectivity index (χ4v) is 2.80. The standard InChI is InChI=1S/C18H17ClN2O/c1-11-8-12(2)15-10-17(20-16(15)9-11)18(22)21(3)14-6-4-13(19)5-7-14/h4-10,20H,1-3H3. The molecule has 0 atom stereocenters. The zero-order valence-electron chi connectivity index (χ0n) is 12.8. The molecule has 0 bridgehead atoms. The van der Waals surface area contributed by atoms with E-state index in [1.807, 2.05) is 18.2 Å². The maximum atomic E-state index is 12.7. The summed E-state index contributed by atoms with van der Waals surface area (Å²) in [6.07, 6.45) is 0. The first kappa shape index (κ1) is 14.7. The van der Waals surface area contributed by atoms with Crippen molar-refractivity contribution in [1.82, 2.24) is 4.98 Å². The zero-order valence-corrected chi connectivity index (χ0v) is 13.5. The van der Waals surface area contributed by atoms with E-state index < -0.39 is 0 Å². The first-order chi connectivity index (χ1) is 10.5. The van der Waals surface area contributed by atoms with Crippen LogP contribution in [-0.4, -0.2) is 17.9 Å². The van der Waals surface area contributed by atoms with Crippen molar-refractivity contribution in [2.75, 3.05) is 11.9 Å². The van der Waals surface area contributed by atoms with Gasteiger partial charge in [0.15, 0.2) is 0 Å². The fraction of sp³-hybridized carbons (Fsp3) is 0.167. The average Bonchev–Trinajstić information content (AvgIpc) is 2.90. The predicted molar refractivity (Wildman–Crippen MR) is 92.0 cm³/mol. The lowest BCUT2D eigenvalue weighted by Gasteiger charge is -2.16. The van der Waals surface area contributed by atoms with Gasteiger partial charge in [-0.05, 0) is 61.4 Å². The molecular formula is C18H17ClN2O. The highest BCUT2D eigenvalue weighted by atomic mass is 35.5. The van der Waals surface area contributed by atoms with Gasteiger partial charge in [0.1, 0.15) is 5.69 Å². The topological polar surface area (TPSA) is 36.1 Å². The van der Waals surface area contributed by atoms with Crippen LogP contribution in [0.2, 0.25) is 5.02 Å². The molecule has 0 unspecified atom stereocenters. The maximum Gasteiger partial charge on any atom is 0.274 e. The Balaban J connectivity index is 1.98. The summed E-state index contributed by atoms with van der Waals surface area (Å²) in [6.45, 7) is 4.11. The normalized spacial score (nSPS) is 10.9. The molecule has 4 heteroatoms. The molecule has 0 aliphatic carbocycles. The molecule has 3 nitrogen and oxygen atoms in total. The molecule has 3 aromatic rings. The summed E-state index contributed by atoms with van der Waals surface area (Å²) in [6, 6.07) is 13.3. The number of rotatable bonds is 2. The predicted octanol–water partition coefficient (Wildman–Crippen LogP) is 4.71. The van der Waals surface area contributed by atoms with Crippen LogP contribution in [0.4, 0.5) is 5.69 Å². The molecule has 1 aromatic heterocycles. The number of benzene rings is 2. The number of nitrogens with zero attached hydrogens (tertiary/aromatic N) is 1. The molecule has 0 radical (unpaired) electrons. The van der Waals surface area contributed by atoms with Crippen molar-refractivity contribution >= 4 is 34.1 Å². The summed E-state index contributed by atoms with van der Waals surface area (Å²) >= 11 is 5.89. The summed E-state index contributed by atoms with van der Waals surface area (Å²) in [5, 5.41) is 1.74. The minimum atomic E-state index is -0.0735. The fourth-order valence-electron chi connectivity index (χ4n) is 2.68. The van der Waals surface area contributed by atoms with E-state index >= 15 is 0 Å². The average molecular weight is 313 g/mol. The Morgan fingerprint density at radius 2 is 1.77 bits per heavy atom. The number of anilines is 1. The molecular weight excluding hydrogens is 296 g/mol. The number of nitrogens with one attached hydrogen (secondary N) is 1. The van der Waals surface area contributed by atoms with Crippen molar-refractivity contribution in [3.05, 3.63) is 64.3 Å². The van der Waals surface area contributed by atoms with Crippen LogP contribution in [0.3, 0.4) is 0 Å². The van der Waals surface area contributed by atoms with E-state index in [1.165, 1.54) is 11.1 Å². The Bertz CT molecular complexity index is 849. The lowest BCUT2D eigenvalue weighted by molar-refractivity contribution is 0.0989. The molecule has 112 valence electrons. The third-order valence-corrected chi connectivity index (χ3v) is 4.09. The second kappa shape index (κ2) is 5.50. The first-order valence-corrected chi connectivity index (χ1v) is 7.47. The number of halogens is 1. The highest BCUT2D eigenvalue weighted by molar-refractivity contribution is 6.30. The number of hydrogen-bond donors (Lipinski definition) is 1. The Labute approximate surface area is 134 Å². The van der Waals surface area contributed by atoms with Gasteiger partial charge in [-0.3, -0.25) is 4.79 Å². The monoisotopic (exact) mass is 312 g/mol. The van der Waals surface area contributed by atoms with Crippen molar-refractivity contribution in [3.8, 4) is 0 Å². The molecule has 0 spiro atoms. The van der Waals surface area contributed by atoms with E-state index in [4.69, 9.17) is 11.6 Å². The molecule has 3 rings (SSSR count). The minimum absolute atomic E-state index is 0.0735. The number of H-pyrrole nitrogens is 1. The molecule has 0 aliphatic rings. The minimum Gasteiger partial charge on any atom is -0.350 e. The largest absolute Gasteiger partial charge is 0.350 e. The number of aryl methyl sites for hydroxylation is 2. The molecule has 0 saturated carbocycles. The van der Waals surface area contributed by atoms with Crippen LogP contribution in [0.25, 0.3) is 10.9 Å². The highest BCUT2D eigenvalue weighted by Crippen LogP contribution is 2.24. The van der Waals surface area contributed by atoms with E-state index in [1.54, 1.807) is 24.1 Å². The lowest BCUT2D eigenvalue weighted by Crippen LogP contribution is -2.26. The Hall–Kier alpha value is -2.26. The molecule has 0 aliphatic heterocycles. The van der Waals surface area contributed by atoms with Crippen molar-refractivity contribution < 1.29 is 4.79 Å². The number of hydrogen-bond acceptors (Lipinski definition) is 1. The number of fused-ring (bicyclic) bond motifs is 1. The van der Waals surface area contributed by atoms with Crippen LogP contribution in [0.5, 0.6) is 0 Å². The summed E-state index contributed by atoms with van der Waals surface area (Å²) in [7, 11) is 1.76. The molecule has 22 heavy (non-hydrogen) atoms. The van der Waals surface area contributed by atoms with Gasteiger partial charge in [0, 0.05) is 28.7 Å². The molecule has 0 saturated heterocycles. The van der Waals surface area contributed by atoms with Gasteiger partial charge < -0.3 is 9.88 Å². The molecule has 1 amide bonds. The third kappa shape index (κ3) is 2.60. The summed E-state index contributed by atoms with van der Waals surface area (Å²) in [5.74, 6) is -0.0735. The maximum absolute atomic E-state index is 12.7. The van der Waals surface area contributed by atoms with Gasteiger partial charge in [0.25, 0.3) is 5.91 Å². The van der Waals surface area contributed by atoms with Gasteiger partial charge in [0.2, 0.25) is 0 Å². The smallest absolute Gasteiger partial charge is 0.274 e. The Morgan fingerprint density at radius 3 is 2.45 bits per heavy atom. The van der Waals surface area contributed by atoms with Crippen LogP contribution < -0.4 is 4.90 Å². The van der Waals surface area contributed by atoms with E-state index in [9.17, 15) is 4.79 Å². The van der Waals surface area contributed by atoms with Crippen LogP contribution in [0, 0.1) is 13.8 Å². The van der Waals surface area contributed by atoms with E-state index in [0.29, 0.717) is 10.7 Å². The molecule has 0 fully saturated rings. The van der Waals surface area contributed by atoms with Gasteiger partial charge in [-0.1, -0.05) is 17.7 Å². The van der Waals surface area contributed by atoms with Crippen molar-refractivity contribution in [2.45, 2.75) is 13.8 Å².